The van der Waals surface area contributed by atoms with Gasteiger partial charge in [-0.15, -0.1) is 0 Å². The number of hydrogen-bond acceptors (Lipinski definition) is 5. The number of rotatable bonds is 9. The number of anilines is 3. The molecule has 0 spiro atoms. The van der Waals surface area contributed by atoms with Crippen LogP contribution in [0.5, 0.6) is 0 Å². The number of para-hydroxylation sites is 2. The second-order valence-electron chi connectivity index (χ2n) is 7.85. The van der Waals surface area contributed by atoms with Gasteiger partial charge in [-0.25, -0.2) is 4.79 Å². The highest BCUT2D eigenvalue weighted by Gasteiger charge is 2.22. The van der Waals surface area contributed by atoms with Gasteiger partial charge in [0.15, 0.2) is 0 Å². The average molecular weight is 488 g/mol. The maximum absolute atomic E-state index is 13.1. The summed E-state index contributed by atoms with van der Waals surface area (Å²) in [7, 11) is 3.12. The van der Waals surface area contributed by atoms with Gasteiger partial charge in [0.2, 0.25) is 11.8 Å². The molecule has 0 aliphatic rings. The normalized spacial score (nSPS) is 10.8. The molecular weight excluding hydrogens is 458 g/mol. The number of benzene rings is 3. The molecular formula is C27H29N5O4. The summed E-state index contributed by atoms with van der Waals surface area (Å²) in [5.41, 5.74) is 3.23. The quantitative estimate of drug-likeness (QED) is 0.353. The van der Waals surface area contributed by atoms with E-state index in [0.717, 1.165) is 5.56 Å². The highest BCUT2D eigenvalue weighted by Crippen LogP contribution is 2.16. The van der Waals surface area contributed by atoms with Crippen molar-refractivity contribution in [3.63, 3.8) is 0 Å². The lowest BCUT2D eigenvalue weighted by atomic mass is 10.1. The Morgan fingerprint density at radius 2 is 1.50 bits per heavy atom. The third kappa shape index (κ3) is 7.17. The van der Waals surface area contributed by atoms with Crippen molar-refractivity contribution in [1.82, 2.24) is 5.32 Å². The van der Waals surface area contributed by atoms with Crippen LogP contribution in [0.25, 0.3) is 0 Å². The SMILES string of the molecule is CON=C(C)c1cccc(NC(=O)NCC(=O)N(CC(=O)N(C)c2ccccc2)c2ccccc2)c1. The highest BCUT2D eigenvalue weighted by molar-refractivity contribution is 6.05. The topological polar surface area (TPSA) is 103 Å². The van der Waals surface area contributed by atoms with Crippen molar-refractivity contribution >= 4 is 40.6 Å². The standard InChI is InChI=1S/C27H29N5O4/c1-20(30-36-3)21-11-10-12-22(17-21)29-27(35)28-18-25(33)32(24-15-8-5-9-16-24)19-26(34)31(2)23-13-6-4-7-14-23/h4-17H,18-19H2,1-3H3,(H2,28,29,35). The molecule has 0 radical (unpaired) electrons. The molecule has 0 aliphatic heterocycles. The molecule has 4 amide bonds. The summed E-state index contributed by atoms with van der Waals surface area (Å²) in [6.45, 7) is 1.31. The number of carbonyl (C=O) groups excluding carboxylic acids is 3. The van der Waals surface area contributed by atoms with Crippen LogP contribution in [0.15, 0.2) is 90.1 Å². The number of nitrogens with zero attached hydrogens (tertiary/aromatic N) is 3. The van der Waals surface area contributed by atoms with Gasteiger partial charge in [-0.05, 0) is 43.3 Å². The maximum Gasteiger partial charge on any atom is 0.319 e. The highest BCUT2D eigenvalue weighted by atomic mass is 16.6. The molecule has 0 saturated carbocycles. The van der Waals surface area contributed by atoms with E-state index in [1.807, 2.05) is 42.5 Å². The van der Waals surface area contributed by atoms with E-state index in [1.165, 1.54) is 16.9 Å². The first kappa shape index (κ1) is 26.0. The smallest absolute Gasteiger partial charge is 0.319 e. The van der Waals surface area contributed by atoms with Crippen LogP contribution >= 0.6 is 0 Å². The van der Waals surface area contributed by atoms with E-state index in [0.29, 0.717) is 22.8 Å². The van der Waals surface area contributed by atoms with Crippen molar-refractivity contribution in [3.8, 4) is 0 Å². The Labute approximate surface area is 210 Å². The van der Waals surface area contributed by atoms with E-state index in [9.17, 15) is 14.4 Å². The molecule has 0 aromatic heterocycles. The zero-order valence-corrected chi connectivity index (χ0v) is 20.5. The van der Waals surface area contributed by atoms with Crippen LogP contribution in [0.1, 0.15) is 12.5 Å². The second kappa shape index (κ2) is 12.7. The predicted molar refractivity (Wildman–Crippen MR) is 141 cm³/mol. The van der Waals surface area contributed by atoms with Crippen molar-refractivity contribution in [2.75, 3.05) is 42.4 Å². The molecule has 36 heavy (non-hydrogen) atoms. The molecule has 0 heterocycles. The number of urea groups is 1. The molecule has 3 aromatic carbocycles. The minimum atomic E-state index is -0.553. The summed E-state index contributed by atoms with van der Waals surface area (Å²) in [6, 6.07) is 24.6. The van der Waals surface area contributed by atoms with Crippen molar-refractivity contribution in [3.05, 3.63) is 90.5 Å². The largest absolute Gasteiger partial charge is 0.399 e. The molecule has 0 fully saturated rings. The van der Waals surface area contributed by atoms with Crippen molar-refractivity contribution in [1.29, 1.82) is 0 Å². The molecule has 9 nitrogen and oxygen atoms in total. The Balaban J connectivity index is 1.65. The van der Waals surface area contributed by atoms with E-state index in [-0.39, 0.29) is 19.0 Å². The van der Waals surface area contributed by atoms with Crippen LogP contribution in [0.2, 0.25) is 0 Å². The molecule has 3 aromatic rings. The number of amides is 4. The van der Waals surface area contributed by atoms with Gasteiger partial charge in [-0.3, -0.25) is 9.59 Å². The minimum absolute atomic E-state index is 0.183. The Morgan fingerprint density at radius 1 is 0.861 bits per heavy atom. The van der Waals surface area contributed by atoms with Gasteiger partial charge in [-0.2, -0.15) is 0 Å². The molecule has 0 aliphatic carbocycles. The van der Waals surface area contributed by atoms with Gasteiger partial charge in [-0.1, -0.05) is 53.7 Å². The third-order valence-electron chi connectivity index (χ3n) is 5.35. The molecule has 2 N–H and O–H groups in total. The summed E-state index contributed by atoms with van der Waals surface area (Å²) in [6.07, 6.45) is 0. The first-order chi connectivity index (χ1) is 17.4. The van der Waals surface area contributed by atoms with Gasteiger partial charge in [0.05, 0.1) is 12.3 Å². The van der Waals surface area contributed by atoms with Crippen molar-refractivity contribution in [2.24, 2.45) is 5.16 Å². The van der Waals surface area contributed by atoms with Gasteiger partial charge >= 0.3 is 6.03 Å². The Bertz CT molecular complexity index is 1220. The fourth-order valence-corrected chi connectivity index (χ4v) is 3.41. The first-order valence-corrected chi connectivity index (χ1v) is 11.3. The number of carbonyl (C=O) groups is 3. The van der Waals surface area contributed by atoms with E-state index < -0.39 is 11.9 Å². The average Bonchev–Trinajstić information content (AvgIpc) is 2.91. The fourth-order valence-electron chi connectivity index (χ4n) is 3.41. The van der Waals surface area contributed by atoms with Crippen LogP contribution in [0, 0.1) is 0 Å². The van der Waals surface area contributed by atoms with Gasteiger partial charge in [0, 0.05) is 29.7 Å². The molecule has 3 rings (SSSR count). The molecule has 0 unspecified atom stereocenters. The number of nitrogens with one attached hydrogen (secondary N) is 2. The number of oxime groups is 1. The second-order valence-corrected chi connectivity index (χ2v) is 7.85. The minimum Gasteiger partial charge on any atom is -0.399 e. The van der Waals surface area contributed by atoms with Crippen molar-refractivity contribution < 1.29 is 19.2 Å². The lowest BCUT2D eigenvalue weighted by Crippen LogP contribution is -2.46. The van der Waals surface area contributed by atoms with E-state index >= 15 is 0 Å². The van der Waals surface area contributed by atoms with E-state index in [1.54, 1.807) is 56.4 Å². The van der Waals surface area contributed by atoms with Crippen LogP contribution in [-0.2, 0) is 14.4 Å². The summed E-state index contributed by atoms with van der Waals surface area (Å²) in [5, 5.41) is 9.16. The van der Waals surface area contributed by atoms with Crippen molar-refractivity contribution in [2.45, 2.75) is 6.92 Å². The van der Waals surface area contributed by atoms with Crippen LogP contribution < -0.4 is 20.4 Å². The monoisotopic (exact) mass is 487 g/mol. The predicted octanol–water partition coefficient (Wildman–Crippen LogP) is 3.87. The molecule has 0 saturated heterocycles. The zero-order valence-electron chi connectivity index (χ0n) is 20.5. The Morgan fingerprint density at radius 3 is 2.14 bits per heavy atom. The molecule has 0 bridgehead atoms. The molecule has 0 atom stereocenters. The van der Waals surface area contributed by atoms with E-state index in [2.05, 4.69) is 15.8 Å². The Kier molecular flexibility index (Phi) is 9.16. The zero-order chi connectivity index (χ0) is 25.9. The summed E-state index contributed by atoms with van der Waals surface area (Å²) < 4.78 is 0. The fraction of sp³-hybridized carbons (Fsp3) is 0.185. The third-order valence-corrected chi connectivity index (χ3v) is 5.35. The summed E-state index contributed by atoms with van der Waals surface area (Å²) in [4.78, 5) is 46.2. The lowest BCUT2D eigenvalue weighted by Gasteiger charge is -2.25. The van der Waals surface area contributed by atoms with E-state index in [4.69, 9.17) is 4.84 Å². The molecule has 186 valence electrons. The molecule has 9 heteroatoms. The van der Waals surface area contributed by atoms with Crippen LogP contribution in [-0.4, -0.2) is 50.8 Å². The lowest BCUT2D eigenvalue weighted by molar-refractivity contribution is -0.121. The van der Waals surface area contributed by atoms with Crippen LogP contribution in [0.4, 0.5) is 21.9 Å². The number of likely N-dealkylation sites (N-methyl/N-ethyl adjacent to an activating group) is 1. The summed E-state index contributed by atoms with van der Waals surface area (Å²) >= 11 is 0. The first-order valence-electron chi connectivity index (χ1n) is 11.3. The van der Waals surface area contributed by atoms with Gasteiger partial charge in [0.1, 0.15) is 13.7 Å². The van der Waals surface area contributed by atoms with Crippen LogP contribution in [0.3, 0.4) is 0 Å². The summed E-state index contributed by atoms with van der Waals surface area (Å²) in [5.74, 6) is -0.698. The van der Waals surface area contributed by atoms with Gasteiger partial charge in [0.25, 0.3) is 0 Å². The Hall–Kier alpha value is -4.66. The number of hydrogen-bond donors (Lipinski definition) is 2. The maximum atomic E-state index is 13.1. The van der Waals surface area contributed by atoms with Gasteiger partial charge < -0.3 is 25.3 Å².